The van der Waals surface area contributed by atoms with Crippen molar-refractivity contribution in [2.45, 2.75) is 18.0 Å². The van der Waals surface area contributed by atoms with E-state index >= 15 is 0 Å². The molecule has 1 unspecified atom stereocenters. The topological polar surface area (TPSA) is 72.5 Å². The van der Waals surface area contributed by atoms with Crippen LogP contribution in [0.5, 0.6) is 5.75 Å². The van der Waals surface area contributed by atoms with Gasteiger partial charge in [0.05, 0.1) is 23.0 Å². The van der Waals surface area contributed by atoms with E-state index in [1.54, 1.807) is 35.1 Å². The number of carbonyl (C=O) groups is 1. The van der Waals surface area contributed by atoms with E-state index in [2.05, 4.69) is 0 Å². The molecule has 0 aliphatic carbocycles. The van der Waals surface area contributed by atoms with Gasteiger partial charge in [0, 0.05) is 0 Å². The average Bonchev–Trinajstić information content (AvgIpc) is 2.59. The Hall–Kier alpha value is -2.55. The molecule has 0 spiro atoms. The summed E-state index contributed by atoms with van der Waals surface area (Å²) in [5.74, 6) is -1.21. The van der Waals surface area contributed by atoms with Gasteiger partial charge in [-0.3, -0.25) is 4.79 Å². The minimum absolute atomic E-state index is 0.0893. The lowest BCUT2D eigenvalue weighted by Crippen LogP contribution is -2.36. The maximum atomic E-state index is 12.7. The molecule has 2 rings (SSSR count). The van der Waals surface area contributed by atoms with Crippen LogP contribution in [0, 0.1) is 5.92 Å². The minimum Gasteiger partial charge on any atom is -0.493 e. The first-order chi connectivity index (χ1) is 12.1. The second-order valence-electron chi connectivity index (χ2n) is 5.52. The molecule has 2 aromatic carbocycles. The summed E-state index contributed by atoms with van der Waals surface area (Å²) in [6, 6.07) is 11.8. The van der Waals surface area contributed by atoms with E-state index in [9.17, 15) is 26.4 Å². The number of alkyl halides is 3. The molecule has 5 nitrogen and oxygen atoms in total. The van der Waals surface area contributed by atoms with Crippen molar-refractivity contribution in [2.75, 3.05) is 6.61 Å². The lowest BCUT2D eigenvalue weighted by molar-refractivity contribution is -0.137. The molecule has 1 atom stereocenters. The summed E-state index contributed by atoms with van der Waals surface area (Å²) < 4.78 is 69.6. The highest BCUT2D eigenvalue weighted by atomic mass is 32.2. The van der Waals surface area contributed by atoms with Gasteiger partial charge in [0.2, 0.25) is 5.91 Å². The number of ether oxygens (including phenoxy) is 1. The Morgan fingerprint density at radius 3 is 2.38 bits per heavy atom. The van der Waals surface area contributed by atoms with Crippen molar-refractivity contribution >= 4 is 15.9 Å². The molecular formula is C17H16F3NO4S. The number of amides is 1. The summed E-state index contributed by atoms with van der Waals surface area (Å²) in [6.45, 7) is 1.36. The SMILES string of the molecule is CC(COc1ccccc1)C(=O)NS(=O)(=O)c1cccc(C(F)(F)F)c1. The number of carbonyl (C=O) groups excluding carboxylic acids is 1. The molecule has 0 aliphatic rings. The van der Waals surface area contributed by atoms with Gasteiger partial charge in [-0.2, -0.15) is 13.2 Å². The van der Waals surface area contributed by atoms with E-state index in [0.717, 1.165) is 18.2 Å². The molecule has 0 aliphatic heterocycles. The van der Waals surface area contributed by atoms with Gasteiger partial charge >= 0.3 is 6.18 Å². The fourth-order valence-electron chi connectivity index (χ4n) is 1.95. The third kappa shape index (κ3) is 5.22. The maximum absolute atomic E-state index is 12.7. The Labute approximate surface area is 148 Å². The van der Waals surface area contributed by atoms with Gasteiger partial charge < -0.3 is 4.74 Å². The quantitative estimate of drug-likeness (QED) is 0.826. The first-order valence-corrected chi connectivity index (χ1v) is 8.99. The molecule has 0 saturated carbocycles. The third-order valence-electron chi connectivity index (χ3n) is 3.40. The van der Waals surface area contributed by atoms with E-state index in [0.29, 0.717) is 11.8 Å². The smallest absolute Gasteiger partial charge is 0.416 e. The van der Waals surface area contributed by atoms with Crippen LogP contribution in [0.2, 0.25) is 0 Å². The number of hydrogen-bond donors (Lipinski definition) is 1. The van der Waals surface area contributed by atoms with Crippen molar-refractivity contribution in [1.82, 2.24) is 4.72 Å². The number of para-hydroxylation sites is 1. The van der Waals surface area contributed by atoms with Crippen molar-refractivity contribution in [1.29, 1.82) is 0 Å². The highest BCUT2D eigenvalue weighted by molar-refractivity contribution is 7.90. The maximum Gasteiger partial charge on any atom is 0.416 e. The van der Waals surface area contributed by atoms with E-state index in [-0.39, 0.29) is 6.61 Å². The van der Waals surface area contributed by atoms with Crippen LogP contribution in [-0.4, -0.2) is 20.9 Å². The molecule has 0 aromatic heterocycles. The van der Waals surface area contributed by atoms with E-state index in [4.69, 9.17) is 4.74 Å². The summed E-state index contributed by atoms with van der Waals surface area (Å²) in [4.78, 5) is 11.4. The van der Waals surface area contributed by atoms with Crippen LogP contribution in [0.3, 0.4) is 0 Å². The van der Waals surface area contributed by atoms with Crippen LogP contribution in [-0.2, 0) is 21.0 Å². The third-order valence-corrected chi connectivity index (χ3v) is 4.74. The van der Waals surface area contributed by atoms with Crippen LogP contribution in [0.15, 0.2) is 59.5 Å². The van der Waals surface area contributed by atoms with Crippen molar-refractivity contribution in [3.63, 3.8) is 0 Å². The van der Waals surface area contributed by atoms with Crippen LogP contribution in [0.4, 0.5) is 13.2 Å². The number of nitrogens with one attached hydrogen (secondary N) is 1. The molecule has 0 radical (unpaired) electrons. The fourth-order valence-corrected chi connectivity index (χ4v) is 3.07. The number of benzene rings is 2. The van der Waals surface area contributed by atoms with Gasteiger partial charge in [0.25, 0.3) is 10.0 Å². The van der Waals surface area contributed by atoms with Crippen molar-refractivity contribution < 1.29 is 31.1 Å². The summed E-state index contributed by atoms with van der Waals surface area (Å²) in [5.41, 5.74) is -1.12. The Kier molecular flexibility index (Phi) is 5.91. The van der Waals surface area contributed by atoms with E-state index < -0.39 is 38.5 Å². The Bertz CT molecular complexity index is 867. The Morgan fingerprint density at radius 1 is 1.12 bits per heavy atom. The van der Waals surface area contributed by atoms with Crippen molar-refractivity contribution in [3.05, 3.63) is 60.2 Å². The molecular weight excluding hydrogens is 371 g/mol. The minimum atomic E-state index is -4.69. The van der Waals surface area contributed by atoms with Crippen molar-refractivity contribution in [3.8, 4) is 5.75 Å². The standard InChI is InChI=1S/C17H16F3NO4S/c1-12(11-25-14-7-3-2-4-8-14)16(22)21-26(23,24)15-9-5-6-13(10-15)17(18,19)20/h2-10,12H,11H2,1H3,(H,21,22). The molecule has 0 bridgehead atoms. The molecule has 0 fully saturated rings. The second kappa shape index (κ2) is 7.77. The second-order valence-corrected chi connectivity index (χ2v) is 7.20. The first-order valence-electron chi connectivity index (χ1n) is 7.51. The van der Waals surface area contributed by atoms with Crippen molar-refractivity contribution in [2.24, 2.45) is 5.92 Å². The molecule has 26 heavy (non-hydrogen) atoms. The zero-order valence-electron chi connectivity index (χ0n) is 13.7. The monoisotopic (exact) mass is 387 g/mol. The summed E-state index contributed by atoms with van der Waals surface area (Å²) >= 11 is 0. The zero-order chi connectivity index (χ0) is 19.4. The molecule has 0 heterocycles. The summed E-state index contributed by atoms with van der Waals surface area (Å²) in [7, 11) is -4.43. The molecule has 0 saturated heterocycles. The van der Waals surface area contributed by atoms with E-state index in [1.807, 2.05) is 0 Å². The van der Waals surface area contributed by atoms with E-state index in [1.165, 1.54) is 6.92 Å². The first kappa shape index (κ1) is 19.8. The van der Waals surface area contributed by atoms with Gasteiger partial charge in [-0.1, -0.05) is 31.2 Å². The number of rotatable bonds is 6. The predicted molar refractivity (Wildman–Crippen MR) is 87.9 cm³/mol. The number of halogens is 3. The van der Waals surface area contributed by atoms with Gasteiger partial charge in [0.1, 0.15) is 5.75 Å². The highest BCUT2D eigenvalue weighted by Gasteiger charge is 2.32. The highest BCUT2D eigenvalue weighted by Crippen LogP contribution is 2.30. The number of sulfonamides is 1. The van der Waals surface area contributed by atoms with Gasteiger partial charge in [-0.05, 0) is 30.3 Å². The van der Waals surface area contributed by atoms with Crippen LogP contribution < -0.4 is 9.46 Å². The van der Waals surface area contributed by atoms with Crippen LogP contribution in [0.25, 0.3) is 0 Å². The normalized spacial score (nSPS) is 13.1. The van der Waals surface area contributed by atoms with Gasteiger partial charge in [0.15, 0.2) is 0 Å². The summed E-state index contributed by atoms with van der Waals surface area (Å²) in [6.07, 6.45) is -4.69. The van der Waals surface area contributed by atoms with Crippen LogP contribution >= 0.6 is 0 Å². The Morgan fingerprint density at radius 2 is 1.77 bits per heavy atom. The fraction of sp³-hybridized carbons (Fsp3) is 0.235. The summed E-state index contributed by atoms with van der Waals surface area (Å²) in [5, 5.41) is 0. The zero-order valence-corrected chi connectivity index (χ0v) is 14.5. The molecule has 140 valence electrons. The lowest BCUT2D eigenvalue weighted by atomic mass is 10.2. The van der Waals surface area contributed by atoms with Gasteiger partial charge in [-0.25, -0.2) is 13.1 Å². The van der Waals surface area contributed by atoms with Crippen LogP contribution in [0.1, 0.15) is 12.5 Å². The number of hydrogen-bond acceptors (Lipinski definition) is 4. The molecule has 1 amide bonds. The predicted octanol–water partition coefficient (Wildman–Crippen LogP) is 3.23. The van der Waals surface area contributed by atoms with Gasteiger partial charge in [-0.15, -0.1) is 0 Å². The lowest BCUT2D eigenvalue weighted by Gasteiger charge is -2.14. The largest absolute Gasteiger partial charge is 0.493 e. The molecule has 9 heteroatoms. The molecule has 1 N–H and O–H groups in total. The Balaban J connectivity index is 2.05. The average molecular weight is 387 g/mol. The molecule has 2 aromatic rings.